The minimum Gasteiger partial charge on any atom is -0.270 e. The van der Waals surface area contributed by atoms with E-state index >= 15 is 0 Å². The highest BCUT2D eigenvalue weighted by atomic mass is 16.2. The molecule has 4 amide bonds. The van der Waals surface area contributed by atoms with Gasteiger partial charge >= 0.3 is 0 Å². The number of hydrogen-bond donors (Lipinski definition) is 0. The van der Waals surface area contributed by atoms with Crippen molar-refractivity contribution >= 4 is 23.6 Å². The number of benzene rings is 2. The van der Waals surface area contributed by atoms with Gasteiger partial charge in [-0.05, 0) is 58.7 Å². The third kappa shape index (κ3) is 3.47. The van der Waals surface area contributed by atoms with Crippen LogP contribution in [-0.2, 0) is 13.1 Å². The molecule has 0 N–H and O–H groups in total. The summed E-state index contributed by atoms with van der Waals surface area (Å²) in [5, 5.41) is 0. The maximum atomic E-state index is 13.1. The van der Waals surface area contributed by atoms with Gasteiger partial charge in [0, 0.05) is 24.8 Å². The first kappa shape index (κ1) is 21.5. The van der Waals surface area contributed by atoms with Gasteiger partial charge in [0.2, 0.25) is 0 Å². The third-order valence-electron chi connectivity index (χ3n) is 6.40. The molecule has 8 nitrogen and oxygen atoms in total. The molecule has 2 aliphatic rings. The molecule has 0 radical (unpaired) electrons. The summed E-state index contributed by atoms with van der Waals surface area (Å²) in [6.07, 6.45) is 6.50. The maximum Gasteiger partial charge on any atom is 0.261 e. The summed E-state index contributed by atoms with van der Waals surface area (Å²) in [6, 6.07) is 17.2. The van der Waals surface area contributed by atoms with Gasteiger partial charge in [-0.15, -0.1) is 0 Å². The van der Waals surface area contributed by atoms with E-state index in [-0.39, 0.29) is 36.7 Å². The molecule has 0 saturated carbocycles. The molecule has 4 aromatic rings. The Hall–Kier alpha value is -4.98. The summed E-state index contributed by atoms with van der Waals surface area (Å²) in [5.74, 6) is -1.47. The Morgan fingerprint density at radius 1 is 0.528 bits per heavy atom. The maximum absolute atomic E-state index is 13.1. The van der Waals surface area contributed by atoms with Crippen LogP contribution in [0.5, 0.6) is 0 Å². The second kappa shape index (κ2) is 8.35. The lowest BCUT2D eigenvalue weighted by Crippen LogP contribution is -2.29. The van der Waals surface area contributed by atoms with E-state index in [1.807, 2.05) is 12.1 Å². The molecule has 0 unspecified atom stereocenters. The van der Waals surface area contributed by atoms with Crippen LogP contribution >= 0.6 is 0 Å². The van der Waals surface area contributed by atoms with E-state index in [0.717, 1.165) is 11.1 Å². The summed E-state index contributed by atoms with van der Waals surface area (Å²) in [7, 11) is 0. The van der Waals surface area contributed by atoms with Gasteiger partial charge in [-0.1, -0.05) is 24.3 Å². The molecule has 0 saturated heterocycles. The molecule has 0 atom stereocenters. The van der Waals surface area contributed by atoms with Crippen molar-refractivity contribution in [3.05, 3.63) is 119 Å². The van der Waals surface area contributed by atoms with E-state index in [1.165, 1.54) is 9.80 Å². The molecule has 36 heavy (non-hydrogen) atoms. The third-order valence-corrected chi connectivity index (χ3v) is 6.40. The molecule has 2 aliphatic heterocycles. The van der Waals surface area contributed by atoms with Crippen LogP contribution < -0.4 is 0 Å². The van der Waals surface area contributed by atoms with Crippen LogP contribution in [0.1, 0.15) is 52.6 Å². The Morgan fingerprint density at radius 2 is 0.944 bits per heavy atom. The Morgan fingerprint density at radius 3 is 1.33 bits per heavy atom. The summed E-state index contributed by atoms with van der Waals surface area (Å²) in [5.41, 5.74) is 4.14. The van der Waals surface area contributed by atoms with E-state index in [4.69, 9.17) is 0 Å². The number of pyridine rings is 2. The van der Waals surface area contributed by atoms with Crippen LogP contribution in [-0.4, -0.2) is 43.4 Å². The first-order chi connectivity index (χ1) is 17.5. The van der Waals surface area contributed by atoms with Crippen molar-refractivity contribution in [2.24, 2.45) is 0 Å². The Balaban J connectivity index is 1.29. The van der Waals surface area contributed by atoms with Crippen molar-refractivity contribution in [2.75, 3.05) is 0 Å². The Labute approximate surface area is 205 Å². The number of carbonyl (C=O) groups excluding carboxylic acids is 4. The fourth-order valence-electron chi connectivity index (χ4n) is 4.58. The molecule has 0 aliphatic carbocycles. The van der Waals surface area contributed by atoms with E-state index in [1.54, 1.807) is 73.3 Å². The molecule has 2 aromatic heterocycles. The van der Waals surface area contributed by atoms with Gasteiger partial charge in [0.1, 0.15) is 0 Å². The predicted octanol–water partition coefficient (Wildman–Crippen LogP) is 3.74. The highest BCUT2D eigenvalue weighted by Gasteiger charge is 2.37. The topological polar surface area (TPSA) is 101 Å². The molecule has 4 heterocycles. The number of rotatable bonds is 5. The van der Waals surface area contributed by atoms with Gasteiger partial charge in [0.05, 0.1) is 35.3 Å². The minimum atomic E-state index is -0.379. The lowest BCUT2D eigenvalue weighted by atomic mass is 9.97. The van der Waals surface area contributed by atoms with Crippen molar-refractivity contribution in [3.63, 3.8) is 0 Å². The second-order valence-electron chi connectivity index (χ2n) is 8.64. The van der Waals surface area contributed by atoms with Crippen LogP contribution in [0.2, 0.25) is 0 Å². The molecule has 0 bridgehead atoms. The number of hydrogen-bond acceptors (Lipinski definition) is 6. The number of imide groups is 2. The van der Waals surface area contributed by atoms with E-state index in [2.05, 4.69) is 9.97 Å². The van der Waals surface area contributed by atoms with Crippen molar-refractivity contribution in [1.29, 1.82) is 0 Å². The number of carbonyl (C=O) groups is 4. The zero-order valence-electron chi connectivity index (χ0n) is 18.9. The van der Waals surface area contributed by atoms with E-state index in [9.17, 15) is 19.2 Å². The van der Waals surface area contributed by atoms with Crippen molar-refractivity contribution in [2.45, 2.75) is 13.1 Å². The van der Waals surface area contributed by atoms with Gasteiger partial charge in [0.25, 0.3) is 23.6 Å². The molecular weight excluding hydrogens is 456 g/mol. The van der Waals surface area contributed by atoms with Crippen LogP contribution in [0.4, 0.5) is 0 Å². The summed E-state index contributed by atoms with van der Waals surface area (Å²) < 4.78 is 0. The fraction of sp³-hybridized carbons (Fsp3) is 0.0714. The monoisotopic (exact) mass is 474 g/mol. The standard InChI is InChI=1S/C28H18N4O4/c33-25-21-7-5-19(11-23(21)27(35)31(25)15-17-3-1-9-29-13-17)20-6-8-22-24(12-20)28(36)32(26(22)34)16-18-4-2-10-30-14-18/h1-14H,15-16H2. The zero-order chi connectivity index (χ0) is 24.8. The van der Waals surface area contributed by atoms with Crippen LogP contribution in [0, 0.1) is 0 Å². The van der Waals surface area contributed by atoms with Gasteiger partial charge < -0.3 is 0 Å². The fourth-order valence-corrected chi connectivity index (χ4v) is 4.58. The quantitative estimate of drug-likeness (QED) is 0.409. The number of amides is 4. The lowest BCUT2D eigenvalue weighted by Gasteiger charge is -2.13. The van der Waals surface area contributed by atoms with Crippen LogP contribution in [0.3, 0.4) is 0 Å². The Kier molecular flexibility index (Phi) is 5.00. The normalized spacial score (nSPS) is 14.4. The number of nitrogens with zero attached hydrogens (tertiary/aromatic N) is 4. The first-order valence-corrected chi connectivity index (χ1v) is 11.3. The van der Waals surface area contributed by atoms with Crippen molar-refractivity contribution in [1.82, 2.24) is 19.8 Å². The van der Waals surface area contributed by atoms with Crippen LogP contribution in [0.15, 0.2) is 85.5 Å². The van der Waals surface area contributed by atoms with Gasteiger partial charge in [-0.3, -0.25) is 38.9 Å². The second-order valence-corrected chi connectivity index (χ2v) is 8.64. The smallest absolute Gasteiger partial charge is 0.261 e. The van der Waals surface area contributed by atoms with E-state index in [0.29, 0.717) is 33.4 Å². The number of aromatic nitrogens is 2. The molecule has 0 spiro atoms. The van der Waals surface area contributed by atoms with Gasteiger partial charge in [-0.2, -0.15) is 0 Å². The molecule has 8 heteroatoms. The SMILES string of the molecule is O=C1c2ccc(-c3ccc4c(c3)C(=O)N(Cc3cccnc3)C4=O)cc2C(=O)N1Cc1cccnc1. The van der Waals surface area contributed by atoms with E-state index < -0.39 is 0 Å². The molecule has 0 fully saturated rings. The van der Waals surface area contributed by atoms with Crippen molar-refractivity contribution < 1.29 is 19.2 Å². The molecular formula is C28H18N4O4. The highest BCUT2D eigenvalue weighted by molar-refractivity contribution is 6.23. The number of fused-ring (bicyclic) bond motifs is 2. The van der Waals surface area contributed by atoms with Crippen molar-refractivity contribution in [3.8, 4) is 11.1 Å². The summed E-state index contributed by atoms with van der Waals surface area (Å²) in [6.45, 7) is 0.273. The average molecular weight is 474 g/mol. The molecule has 6 rings (SSSR count). The predicted molar refractivity (Wildman–Crippen MR) is 129 cm³/mol. The van der Waals surface area contributed by atoms with Crippen LogP contribution in [0.25, 0.3) is 11.1 Å². The average Bonchev–Trinajstić information content (AvgIpc) is 3.29. The highest BCUT2D eigenvalue weighted by Crippen LogP contribution is 2.33. The summed E-state index contributed by atoms with van der Waals surface area (Å²) >= 11 is 0. The molecule has 174 valence electrons. The molecule has 2 aromatic carbocycles. The minimum absolute atomic E-state index is 0.137. The lowest BCUT2D eigenvalue weighted by molar-refractivity contribution is 0.0627. The summed E-state index contributed by atoms with van der Waals surface area (Å²) in [4.78, 5) is 62.4. The largest absolute Gasteiger partial charge is 0.270 e. The van der Waals surface area contributed by atoms with Gasteiger partial charge in [-0.25, -0.2) is 0 Å². The Bertz CT molecular complexity index is 1450. The first-order valence-electron chi connectivity index (χ1n) is 11.3. The van der Waals surface area contributed by atoms with Gasteiger partial charge in [0.15, 0.2) is 0 Å². The zero-order valence-corrected chi connectivity index (χ0v) is 18.9.